The fourth-order valence-corrected chi connectivity index (χ4v) is 1.22. The van der Waals surface area contributed by atoms with Crippen molar-refractivity contribution in [1.82, 2.24) is 0 Å². The fraction of sp³-hybridized carbons (Fsp3) is 0.286. The van der Waals surface area contributed by atoms with Crippen LogP contribution in [0.4, 0.5) is 0 Å². The van der Waals surface area contributed by atoms with E-state index in [-0.39, 0.29) is 5.78 Å². The minimum atomic E-state index is -0.0983. The van der Waals surface area contributed by atoms with Gasteiger partial charge >= 0.3 is 0 Å². The second kappa shape index (κ2) is 7.71. The zero-order chi connectivity index (χ0) is 13.4. The maximum Gasteiger partial charge on any atom is 0.167 e. The molecule has 3 nitrogen and oxygen atoms in total. The highest BCUT2D eigenvalue weighted by atomic mass is 32.1. The molecule has 4 heteroatoms. The zero-order valence-electron chi connectivity index (χ0n) is 10.6. The van der Waals surface area contributed by atoms with Crippen LogP contribution in [0.15, 0.2) is 40.4 Å². The Balaban J connectivity index is 2.61. The summed E-state index contributed by atoms with van der Waals surface area (Å²) >= 11 is 4.00. The summed E-state index contributed by atoms with van der Waals surface area (Å²) < 4.78 is 5.47. The molecule has 1 aromatic carbocycles. The Morgan fingerprint density at radius 1 is 1.39 bits per heavy atom. The van der Waals surface area contributed by atoms with E-state index in [1.807, 2.05) is 24.3 Å². The summed E-state index contributed by atoms with van der Waals surface area (Å²) in [7, 11) is 0. The van der Waals surface area contributed by atoms with Crippen LogP contribution in [0, 0.1) is 0 Å². The van der Waals surface area contributed by atoms with Crippen molar-refractivity contribution >= 4 is 24.6 Å². The van der Waals surface area contributed by atoms with Gasteiger partial charge in [-0.2, -0.15) is 0 Å². The van der Waals surface area contributed by atoms with Crippen LogP contribution in [0.5, 0.6) is 5.75 Å². The van der Waals surface area contributed by atoms with Gasteiger partial charge in [0.15, 0.2) is 5.78 Å². The van der Waals surface area contributed by atoms with Crippen LogP contribution in [-0.2, 0) is 4.79 Å². The number of thiol groups is 1. The van der Waals surface area contributed by atoms with Gasteiger partial charge in [-0.15, -0.1) is 12.6 Å². The summed E-state index contributed by atoms with van der Waals surface area (Å²) in [6, 6.07) is 7.61. The van der Waals surface area contributed by atoms with Crippen LogP contribution >= 0.6 is 12.6 Å². The molecule has 0 heterocycles. The van der Waals surface area contributed by atoms with Crippen LogP contribution < -0.4 is 4.74 Å². The van der Waals surface area contributed by atoms with E-state index in [2.05, 4.69) is 24.5 Å². The second-order valence-electron chi connectivity index (χ2n) is 3.77. The number of hydrogen-bond donors (Lipinski definition) is 1. The Morgan fingerprint density at radius 2 is 2.06 bits per heavy atom. The first-order valence-corrected chi connectivity index (χ1v) is 6.24. The molecule has 0 aliphatic carbocycles. The number of allylic oxidation sites excluding steroid dienone is 1. The normalized spacial score (nSPS) is 11.8. The molecule has 0 spiro atoms. The van der Waals surface area contributed by atoms with Gasteiger partial charge < -0.3 is 4.74 Å². The number of ketones is 1. The van der Waals surface area contributed by atoms with Gasteiger partial charge in [0.25, 0.3) is 0 Å². The molecule has 0 aliphatic rings. The van der Waals surface area contributed by atoms with E-state index in [0.717, 1.165) is 24.3 Å². The fourth-order valence-electron chi connectivity index (χ4n) is 1.15. The van der Waals surface area contributed by atoms with Crippen molar-refractivity contribution in [3.63, 3.8) is 0 Å². The Morgan fingerprint density at radius 3 is 2.61 bits per heavy atom. The van der Waals surface area contributed by atoms with Gasteiger partial charge in [-0.3, -0.25) is 9.79 Å². The van der Waals surface area contributed by atoms with E-state index in [9.17, 15) is 4.79 Å². The van der Waals surface area contributed by atoms with Crippen molar-refractivity contribution < 1.29 is 9.53 Å². The molecule has 0 fully saturated rings. The lowest BCUT2D eigenvalue weighted by atomic mass is 10.2. The number of rotatable bonds is 6. The topological polar surface area (TPSA) is 38.7 Å². The van der Waals surface area contributed by atoms with Crippen LogP contribution in [0.25, 0.3) is 0 Å². The minimum Gasteiger partial charge on any atom is -0.494 e. The number of hydrogen-bond acceptors (Lipinski definition) is 4. The Bertz CT molecular complexity index is 449. The van der Waals surface area contributed by atoms with E-state index in [4.69, 9.17) is 4.74 Å². The first kappa shape index (κ1) is 14.5. The number of benzene rings is 1. The molecule has 0 aromatic heterocycles. The largest absolute Gasteiger partial charge is 0.494 e. The predicted molar refractivity (Wildman–Crippen MR) is 77.6 cm³/mol. The van der Waals surface area contributed by atoms with Gasteiger partial charge in [-0.05, 0) is 43.2 Å². The number of Topliss-reactive ketones (excluding diaryl/α,β-unsaturated/α-hetero) is 1. The third-order valence-electron chi connectivity index (χ3n) is 2.13. The van der Waals surface area contributed by atoms with Crippen molar-refractivity contribution in [2.24, 2.45) is 4.99 Å². The molecule has 0 unspecified atom stereocenters. The Kier molecular flexibility index (Phi) is 6.22. The number of ether oxygens (including phenoxy) is 1. The SMILES string of the molecule is CCCOc1ccc(C=N/C=C(\S)C(C)=O)cc1. The molecular weight excluding hydrogens is 246 g/mol. The monoisotopic (exact) mass is 263 g/mol. The molecule has 0 radical (unpaired) electrons. The summed E-state index contributed by atoms with van der Waals surface area (Å²) in [6.45, 7) is 4.24. The summed E-state index contributed by atoms with van der Waals surface area (Å²) in [6.07, 6.45) is 4.10. The molecule has 1 aromatic rings. The third kappa shape index (κ3) is 5.19. The standard InChI is InChI=1S/C14H17NO2S/c1-3-8-17-13-6-4-12(5-7-13)9-15-10-14(18)11(2)16/h4-7,9-10,18H,3,8H2,1-2H3/b14-10-,15-9?. The number of carbonyl (C=O) groups excluding carboxylic acids is 1. The smallest absolute Gasteiger partial charge is 0.167 e. The van der Waals surface area contributed by atoms with Crippen molar-refractivity contribution in [2.75, 3.05) is 6.61 Å². The van der Waals surface area contributed by atoms with Crippen molar-refractivity contribution in [2.45, 2.75) is 20.3 Å². The van der Waals surface area contributed by atoms with E-state index in [1.54, 1.807) is 6.21 Å². The molecule has 0 amide bonds. The van der Waals surface area contributed by atoms with Gasteiger partial charge in [0.05, 0.1) is 11.5 Å². The molecule has 0 saturated carbocycles. The first-order chi connectivity index (χ1) is 8.63. The highest BCUT2D eigenvalue weighted by Gasteiger charge is 1.95. The molecular formula is C14H17NO2S. The molecule has 0 N–H and O–H groups in total. The lowest BCUT2D eigenvalue weighted by Crippen LogP contribution is -1.94. The highest BCUT2D eigenvalue weighted by Crippen LogP contribution is 2.11. The molecule has 1 rings (SSSR count). The van der Waals surface area contributed by atoms with Crippen LogP contribution in [0.3, 0.4) is 0 Å². The molecule has 0 bridgehead atoms. The van der Waals surface area contributed by atoms with Crippen LogP contribution in [0.1, 0.15) is 25.8 Å². The Hall–Kier alpha value is -1.55. The summed E-state index contributed by atoms with van der Waals surface area (Å²) in [5, 5.41) is 0. The minimum absolute atomic E-state index is 0.0983. The molecule has 0 saturated heterocycles. The van der Waals surface area contributed by atoms with E-state index in [0.29, 0.717) is 4.91 Å². The van der Waals surface area contributed by atoms with E-state index < -0.39 is 0 Å². The molecule has 0 aliphatic heterocycles. The summed E-state index contributed by atoms with van der Waals surface area (Å²) in [5.41, 5.74) is 0.944. The lowest BCUT2D eigenvalue weighted by molar-refractivity contribution is -0.112. The zero-order valence-corrected chi connectivity index (χ0v) is 11.5. The summed E-state index contributed by atoms with van der Waals surface area (Å²) in [4.78, 5) is 15.3. The predicted octanol–water partition coefficient (Wildman–Crippen LogP) is 3.25. The first-order valence-electron chi connectivity index (χ1n) is 5.79. The van der Waals surface area contributed by atoms with E-state index >= 15 is 0 Å². The van der Waals surface area contributed by atoms with Crippen molar-refractivity contribution in [3.8, 4) is 5.75 Å². The van der Waals surface area contributed by atoms with Crippen LogP contribution in [-0.4, -0.2) is 18.6 Å². The number of nitrogens with zero attached hydrogens (tertiary/aromatic N) is 1. The van der Waals surface area contributed by atoms with Crippen molar-refractivity contribution in [1.29, 1.82) is 0 Å². The third-order valence-corrected chi connectivity index (χ3v) is 2.56. The number of carbonyl (C=O) groups is 1. The Labute approximate surface area is 113 Å². The van der Waals surface area contributed by atoms with Crippen LogP contribution in [0.2, 0.25) is 0 Å². The van der Waals surface area contributed by atoms with Gasteiger partial charge in [0.1, 0.15) is 5.75 Å². The highest BCUT2D eigenvalue weighted by molar-refractivity contribution is 7.85. The average Bonchev–Trinajstić information content (AvgIpc) is 2.37. The maximum absolute atomic E-state index is 10.9. The molecule has 96 valence electrons. The van der Waals surface area contributed by atoms with E-state index in [1.165, 1.54) is 13.1 Å². The molecule has 0 atom stereocenters. The van der Waals surface area contributed by atoms with Crippen molar-refractivity contribution in [3.05, 3.63) is 40.9 Å². The quantitative estimate of drug-likeness (QED) is 0.486. The van der Waals surface area contributed by atoms with Gasteiger partial charge in [-0.1, -0.05) is 6.92 Å². The second-order valence-corrected chi connectivity index (χ2v) is 4.25. The molecule has 18 heavy (non-hydrogen) atoms. The number of aliphatic imine (C=N–C) groups is 1. The van der Waals surface area contributed by atoms with Gasteiger partial charge in [0.2, 0.25) is 0 Å². The maximum atomic E-state index is 10.9. The summed E-state index contributed by atoms with van der Waals surface area (Å²) in [5.74, 6) is 0.752. The van der Waals surface area contributed by atoms with Gasteiger partial charge in [0, 0.05) is 12.4 Å². The average molecular weight is 263 g/mol. The lowest BCUT2D eigenvalue weighted by Gasteiger charge is -2.03. The van der Waals surface area contributed by atoms with Gasteiger partial charge in [-0.25, -0.2) is 0 Å².